The standard InChI is InChI=1S/C19H24N4O4.Li/c1-19(2,26)11-27-12-7-8-20-15(9-12)17-21-14-6-4-5-13(14)18(22-17)23(3)10-16(24)25;/h7-9,26H,4-6,10-11H2,1-3H3,(H,24,25);/q;+1/p-1. The Balaban J connectivity index is 0.00000280. The number of aliphatic carboxylic acids is 1. The maximum absolute atomic E-state index is 11.0. The number of carbonyl (C=O) groups is 1. The van der Waals surface area contributed by atoms with Crippen LogP contribution in [0, 0.1) is 0 Å². The largest absolute Gasteiger partial charge is 1.00 e. The molecule has 8 nitrogen and oxygen atoms in total. The van der Waals surface area contributed by atoms with Crippen LogP contribution in [0.15, 0.2) is 18.3 Å². The molecule has 1 aliphatic rings. The minimum Gasteiger partial charge on any atom is -0.548 e. The van der Waals surface area contributed by atoms with Crippen molar-refractivity contribution in [1.82, 2.24) is 15.0 Å². The average molecular weight is 378 g/mol. The van der Waals surface area contributed by atoms with E-state index in [2.05, 4.69) is 15.0 Å². The zero-order chi connectivity index (χ0) is 19.6. The van der Waals surface area contributed by atoms with Crippen LogP contribution >= 0.6 is 0 Å². The topological polar surface area (TPSA) is 112 Å². The summed E-state index contributed by atoms with van der Waals surface area (Å²) in [5.74, 6) is 0.409. The molecule has 3 rings (SSSR count). The molecule has 0 aromatic carbocycles. The molecule has 2 aromatic heterocycles. The fourth-order valence-electron chi connectivity index (χ4n) is 2.99. The number of aliphatic hydroxyl groups is 1. The maximum Gasteiger partial charge on any atom is 1.00 e. The van der Waals surface area contributed by atoms with Gasteiger partial charge in [0.25, 0.3) is 0 Å². The molecule has 1 N–H and O–H groups in total. The number of aryl methyl sites for hydroxylation is 1. The molecular weight excluding hydrogens is 355 g/mol. The van der Waals surface area contributed by atoms with E-state index >= 15 is 0 Å². The summed E-state index contributed by atoms with van der Waals surface area (Å²) in [6.45, 7) is 3.22. The van der Waals surface area contributed by atoms with Crippen LogP contribution in [0.4, 0.5) is 5.82 Å². The summed E-state index contributed by atoms with van der Waals surface area (Å²) in [4.78, 5) is 26.1. The van der Waals surface area contributed by atoms with Crippen LogP contribution in [-0.4, -0.2) is 51.8 Å². The van der Waals surface area contributed by atoms with Crippen molar-refractivity contribution in [2.75, 3.05) is 25.1 Å². The van der Waals surface area contributed by atoms with E-state index < -0.39 is 11.6 Å². The number of aromatic nitrogens is 3. The summed E-state index contributed by atoms with van der Waals surface area (Å²) in [7, 11) is 1.68. The van der Waals surface area contributed by atoms with E-state index in [1.807, 2.05) is 0 Å². The number of hydrogen-bond donors (Lipinski definition) is 1. The van der Waals surface area contributed by atoms with Gasteiger partial charge in [0, 0.05) is 30.6 Å². The Kier molecular flexibility index (Phi) is 7.05. The van der Waals surface area contributed by atoms with Gasteiger partial charge < -0.3 is 24.6 Å². The Hall–Kier alpha value is -2.14. The monoisotopic (exact) mass is 378 g/mol. The summed E-state index contributed by atoms with van der Waals surface area (Å²) in [5.41, 5.74) is 1.48. The van der Waals surface area contributed by atoms with E-state index in [0.717, 1.165) is 30.5 Å². The van der Waals surface area contributed by atoms with Crippen molar-refractivity contribution < 1.29 is 38.6 Å². The number of rotatable bonds is 7. The number of hydrogen-bond acceptors (Lipinski definition) is 8. The first-order valence-electron chi connectivity index (χ1n) is 8.85. The zero-order valence-corrected chi connectivity index (χ0v) is 16.7. The van der Waals surface area contributed by atoms with E-state index in [1.165, 1.54) is 0 Å². The van der Waals surface area contributed by atoms with Crippen molar-refractivity contribution >= 4 is 11.8 Å². The third-order valence-electron chi connectivity index (χ3n) is 4.19. The van der Waals surface area contributed by atoms with Crippen LogP contribution in [0.25, 0.3) is 11.5 Å². The molecule has 0 radical (unpaired) electrons. The molecule has 9 heteroatoms. The predicted octanol–water partition coefficient (Wildman–Crippen LogP) is -2.63. The molecule has 0 fully saturated rings. The minimum atomic E-state index is -1.16. The number of likely N-dealkylation sites (N-methyl/N-ethyl adjacent to an activating group) is 1. The molecule has 0 spiro atoms. The first-order valence-corrected chi connectivity index (χ1v) is 8.85. The number of carbonyl (C=O) groups excluding carboxylic acids is 1. The van der Waals surface area contributed by atoms with Crippen LogP contribution in [-0.2, 0) is 17.6 Å². The number of anilines is 1. The quantitative estimate of drug-likeness (QED) is 0.521. The maximum atomic E-state index is 11.0. The van der Waals surface area contributed by atoms with Gasteiger partial charge in [0.1, 0.15) is 23.9 Å². The van der Waals surface area contributed by atoms with Gasteiger partial charge in [-0.15, -0.1) is 0 Å². The third-order valence-corrected chi connectivity index (χ3v) is 4.19. The Morgan fingerprint density at radius 1 is 1.36 bits per heavy atom. The minimum absolute atomic E-state index is 0. The van der Waals surface area contributed by atoms with E-state index in [1.54, 1.807) is 44.1 Å². The van der Waals surface area contributed by atoms with Crippen LogP contribution < -0.4 is 33.6 Å². The summed E-state index contributed by atoms with van der Waals surface area (Å²) >= 11 is 0. The molecule has 1 aliphatic carbocycles. The molecular formula is C19H23LiN4O4. The van der Waals surface area contributed by atoms with Gasteiger partial charge in [-0.3, -0.25) is 4.98 Å². The van der Waals surface area contributed by atoms with Crippen LogP contribution in [0.5, 0.6) is 5.75 Å². The van der Waals surface area contributed by atoms with Gasteiger partial charge in [0.15, 0.2) is 5.82 Å². The average Bonchev–Trinajstić information content (AvgIpc) is 3.06. The molecule has 28 heavy (non-hydrogen) atoms. The Morgan fingerprint density at radius 3 is 2.79 bits per heavy atom. The molecule has 144 valence electrons. The summed E-state index contributed by atoms with van der Waals surface area (Å²) < 4.78 is 5.61. The Morgan fingerprint density at radius 2 is 2.11 bits per heavy atom. The Bertz CT molecular complexity index is 854. The smallest absolute Gasteiger partial charge is 0.548 e. The SMILES string of the molecule is CN(CC(=O)[O-])c1nc(-c2cc(OCC(C)(C)O)ccn2)nc2c1CCC2.[Li+]. The molecule has 0 saturated heterocycles. The van der Waals surface area contributed by atoms with Crippen LogP contribution in [0.1, 0.15) is 31.5 Å². The Labute approximate surface area is 176 Å². The van der Waals surface area contributed by atoms with Gasteiger partial charge in [-0.1, -0.05) is 0 Å². The number of ether oxygens (including phenoxy) is 1. The van der Waals surface area contributed by atoms with Crippen molar-refractivity contribution in [3.05, 3.63) is 29.6 Å². The normalized spacial score (nSPS) is 12.9. The molecule has 0 amide bonds. The van der Waals surface area contributed by atoms with E-state index in [-0.39, 0.29) is 32.0 Å². The molecule has 0 aliphatic heterocycles. The van der Waals surface area contributed by atoms with Crippen molar-refractivity contribution in [2.24, 2.45) is 0 Å². The molecule has 2 aromatic rings. The summed E-state index contributed by atoms with van der Waals surface area (Å²) in [5, 5.41) is 20.8. The summed E-state index contributed by atoms with van der Waals surface area (Å²) in [6.07, 6.45) is 4.20. The van der Waals surface area contributed by atoms with Crippen molar-refractivity contribution in [1.29, 1.82) is 0 Å². The van der Waals surface area contributed by atoms with E-state index in [9.17, 15) is 15.0 Å². The second kappa shape index (κ2) is 8.91. The van der Waals surface area contributed by atoms with Gasteiger partial charge in [0.2, 0.25) is 0 Å². The van der Waals surface area contributed by atoms with Gasteiger partial charge in [-0.2, -0.15) is 0 Å². The molecule has 0 saturated carbocycles. The molecule has 0 atom stereocenters. The van der Waals surface area contributed by atoms with Gasteiger partial charge in [-0.05, 0) is 39.2 Å². The third kappa shape index (κ3) is 5.44. The number of carboxylic acid groups (broad SMARTS) is 1. The van der Waals surface area contributed by atoms with Gasteiger partial charge in [-0.25, -0.2) is 9.97 Å². The van der Waals surface area contributed by atoms with Gasteiger partial charge >= 0.3 is 18.9 Å². The first kappa shape index (κ1) is 22.1. The number of carboxylic acids is 1. The van der Waals surface area contributed by atoms with Crippen molar-refractivity contribution in [3.63, 3.8) is 0 Å². The number of nitrogens with zero attached hydrogens (tertiary/aromatic N) is 4. The first-order chi connectivity index (χ1) is 12.7. The van der Waals surface area contributed by atoms with Crippen molar-refractivity contribution in [3.8, 4) is 17.3 Å². The molecule has 2 heterocycles. The van der Waals surface area contributed by atoms with Gasteiger partial charge in [0.05, 0.1) is 18.1 Å². The predicted molar refractivity (Wildman–Crippen MR) is 97.4 cm³/mol. The fraction of sp³-hybridized carbons (Fsp3) is 0.474. The molecule has 0 unspecified atom stereocenters. The van der Waals surface area contributed by atoms with Crippen LogP contribution in [0.2, 0.25) is 0 Å². The van der Waals surface area contributed by atoms with Crippen molar-refractivity contribution in [2.45, 2.75) is 38.7 Å². The summed E-state index contributed by atoms with van der Waals surface area (Å²) in [6, 6.07) is 3.41. The zero-order valence-electron chi connectivity index (χ0n) is 16.7. The van der Waals surface area contributed by atoms with E-state index in [0.29, 0.717) is 23.1 Å². The fourth-order valence-corrected chi connectivity index (χ4v) is 2.99. The molecule has 0 bridgehead atoms. The second-order valence-electron chi connectivity index (χ2n) is 7.36. The van der Waals surface area contributed by atoms with Crippen LogP contribution in [0.3, 0.4) is 0 Å². The second-order valence-corrected chi connectivity index (χ2v) is 7.36. The number of fused-ring (bicyclic) bond motifs is 1. The van der Waals surface area contributed by atoms with E-state index in [4.69, 9.17) is 4.74 Å². The number of pyridine rings is 1.